The molecule has 0 heterocycles. The molecular weight excluding hydrogens is 334 g/mol. The average molecular weight is 356 g/mol. The van der Waals surface area contributed by atoms with Crippen molar-refractivity contribution in [1.29, 1.82) is 0 Å². The standard InChI is InChI=1S/C15H22BrN3O2/c1-12(20)19(14-6-4-5-13(16)11-14)9-7-15(21)17-8-10-18(2)3/h4-6,11H,7-10H2,1-3H3,(H,17,21). The summed E-state index contributed by atoms with van der Waals surface area (Å²) < 4.78 is 0.904. The van der Waals surface area contributed by atoms with Crippen LogP contribution in [0.1, 0.15) is 13.3 Å². The number of hydrogen-bond acceptors (Lipinski definition) is 3. The monoisotopic (exact) mass is 355 g/mol. The van der Waals surface area contributed by atoms with E-state index in [-0.39, 0.29) is 11.8 Å². The lowest BCUT2D eigenvalue weighted by Crippen LogP contribution is -2.36. The first-order chi connectivity index (χ1) is 9.90. The Balaban J connectivity index is 2.52. The molecule has 1 aromatic carbocycles. The second-order valence-corrected chi connectivity index (χ2v) is 5.97. The molecule has 0 saturated heterocycles. The third-order valence-electron chi connectivity index (χ3n) is 2.94. The fourth-order valence-electron chi connectivity index (χ4n) is 1.83. The smallest absolute Gasteiger partial charge is 0.223 e. The second kappa shape index (κ2) is 8.79. The van der Waals surface area contributed by atoms with Crippen LogP contribution in [0.4, 0.5) is 5.69 Å². The van der Waals surface area contributed by atoms with Crippen LogP contribution in [0.5, 0.6) is 0 Å². The molecule has 0 atom stereocenters. The minimum Gasteiger partial charge on any atom is -0.355 e. The largest absolute Gasteiger partial charge is 0.355 e. The van der Waals surface area contributed by atoms with Crippen molar-refractivity contribution in [2.45, 2.75) is 13.3 Å². The molecule has 0 saturated carbocycles. The summed E-state index contributed by atoms with van der Waals surface area (Å²) in [6.07, 6.45) is 0.291. The van der Waals surface area contributed by atoms with Crippen molar-refractivity contribution in [3.8, 4) is 0 Å². The maximum absolute atomic E-state index is 11.8. The Morgan fingerprint density at radius 2 is 1.95 bits per heavy atom. The van der Waals surface area contributed by atoms with Gasteiger partial charge in [0.2, 0.25) is 11.8 Å². The molecule has 1 rings (SSSR count). The summed E-state index contributed by atoms with van der Waals surface area (Å²) in [5.41, 5.74) is 0.790. The number of carbonyl (C=O) groups is 2. The van der Waals surface area contributed by atoms with Crippen LogP contribution in [0, 0.1) is 0 Å². The Morgan fingerprint density at radius 1 is 1.24 bits per heavy atom. The molecule has 1 N–H and O–H groups in total. The van der Waals surface area contributed by atoms with E-state index >= 15 is 0 Å². The van der Waals surface area contributed by atoms with Crippen LogP contribution >= 0.6 is 15.9 Å². The maximum Gasteiger partial charge on any atom is 0.223 e. The van der Waals surface area contributed by atoms with Crippen molar-refractivity contribution in [3.63, 3.8) is 0 Å². The van der Waals surface area contributed by atoms with Gasteiger partial charge >= 0.3 is 0 Å². The highest BCUT2D eigenvalue weighted by atomic mass is 79.9. The Kier molecular flexibility index (Phi) is 7.39. The third-order valence-corrected chi connectivity index (χ3v) is 3.44. The van der Waals surface area contributed by atoms with Crippen LogP contribution in [0.25, 0.3) is 0 Å². The normalized spacial score (nSPS) is 10.5. The summed E-state index contributed by atoms with van der Waals surface area (Å²) in [5.74, 6) is -0.118. The van der Waals surface area contributed by atoms with Gasteiger partial charge in [0, 0.05) is 43.1 Å². The van der Waals surface area contributed by atoms with E-state index in [4.69, 9.17) is 0 Å². The minimum atomic E-state index is -0.0748. The lowest BCUT2D eigenvalue weighted by Gasteiger charge is -2.21. The summed E-state index contributed by atoms with van der Waals surface area (Å²) in [5, 5.41) is 2.84. The van der Waals surface area contributed by atoms with Crippen LogP contribution in [-0.2, 0) is 9.59 Å². The SMILES string of the molecule is CC(=O)N(CCC(=O)NCCN(C)C)c1cccc(Br)c1. The maximum atomic E-state index is 11.8. The summed E-state index contributed by atoms with van der Waals surface area (Å²) in [4.78, 5) is 27.1. The molecule has 0 radical (unpaired) electrons. The lowest BCUT2D eigenvalue weighted by molar-refractivity contribution is -0.121. The van der Waals surface area contributed by atoms with E-state index in [1.54, 1.807) is 4.90 Å². The molecule has 0 unspecified atom stereocenters. The molecule has 21 heavy (non-hydrogen) atoms. The quantitative estimate of drug-likeness (QED) is 0.812. The topological polar surface area (TPSA) is 52.7 Å². The van der Waals surface area contributed by atoms with Gasteiger partial charge in [-0.25, -0.2) is 0 Å². The molecule has 0 aromatic heterocycles. The first-order valence-electron chi connectivity index (χ1n) is 6.85. The average Bonchev–Trinajstić information content (AvgIpc) is 2.38. The van der Waals surface area contributed by atoms with E-state index in [1.807, 2.05) is 43.3 Å². The summed E-state index contributed by atoms with van der Waals surface area (Å²) in [6.45, 7) is 3.29. The van der Waals surface area contributed by atoms with Crippen molar-refractivity contribution < 1.29 is 9.59 Å². The van der Waals surface area contributed by atoms with Gasteiger partial charge < -0.3 is 15.1 Å². The van der Waals surface area contributed by atoms with Crippen molar-refractivity contribution in [1.82, 2.24) is 10.2 Å². The molecule has 6 heteroatoms. The van der Waals surface area contributed by atoms with Gasteiger partial charge in [0.1, 0.15) is 0 Å². The van der Waals surface area contributed by atoms with E-state index < -0.39 is 0 Å². The zero-order valence-corrected chi connectivity index (χ0v) is 14.3. The van der Waals surface area contributed by atoms with E-state index in [9.17, 15) is 9.59 Å². The van der Waals surface area contributed by atoms with E-state index in [2.05, 4.69) is 21.2 Å². The van der Waals surface area contributed by atoms with Crippen LogP contribution < -0.4 is 10.2 Å². The second-order valence-electron chi connectivity index (χ2n) is 5.05. The van der Waals surface area contributed by atoms with Crippen LogP contribution in [0.3, 0.4) is 0 Å². The molecule has 0 spiro atoms. The number of anilines is 1. The summed E-state index contributed by atoms with van der Waals surface area (Å²) in [6, 6.07) is 7.49. The molecule has 5 nitrogen and oxygen atoms in total. The third kappa shape index (κ3) is 6.73. The molecule has 116 valence electrons. The zero-order chi connectivity index (χ0) is 15.8. The number of likely N-dealkylation sites (N-methyl/N-ethyl adjacent to an activating group) is 1. The number of carbonyl (C=O) groups excluding carboxylic acids is 2. The first kappa shape index (κ1) is 17.7. The summed E-state index contributed by atoms with van der Waals surface area (Å²) in [7, 11) is 3.91. The molecule has 0 aliphatic rings. The number of amides is 2. The van der Waals surface area contributed by atoms with E-state index in [0.717, 1.165) is 16.7 Å². The van der Waals surface area contributed by atoms with Crippen LogP contribution in [-0.4, -0.2) is 50.4 Å². The van der Waals surface area contributed by atoms with Gasteiger partial charge in [0.05, 0.1) is 0 Å². The van der Waals surface area contributed by atoms with Crippen LogP contribution in [0.2, 0.25) is 0 Å². The van der Waals surface area contributed by atoms with Crippen LogP contribution in [0.15, 0.2) is 28.7 Å². The van der Waals surface area contributed by atoms with E-state index in [0.29, 0.717) is 19.5 Å². The molecule has 0 fully saturated rings. The number of nitrogens with one attached hydrogen (secondary N) is 1. The highest BCUT2D eigenvalue weighted by Gasteiger charge is 2.13. The molecule has 0 aliphatic heterocycles. The van der Waals surface area contributed by atoms with Crippen molar-refractivity contribution >= 4 is 33.4 Å². The van der Waals surface area contributed by atoms with Crippen molar-refractivity contribution in [2.24, 2.45) is 0 Å². The fraction of sp³-hybridized carbons (Fsp3) is 0.467. The highest BCUT2D eigenvalue weighted by Crippen LogP contribution is 2.20. The van der Waals surface area contributed by atoms with Gasteiger partial charge in [-0.05, 0) is 32.3 Å². The first-order valence-corrected chi connectivity index (χ1v) is 7.64. The zero-order valence-electron chi connectivity index (χ0n) is 12.7. The molecule has 0 aliphatic carbocycles. The number of rotatable bonds is 7. The Hall–Kier alpha value is -1.40. The van der Waals surface area contributed by atoms with Crippen molar-refractivity contribution in [3.05, 3.63) is 28.7 Å². The molecular formula is C15H22BrN3O2. The molecule has 2 amide bonds. The van der Waals surface area contributed by atoms with Crippen molar-refractivity contribution in [2.75, 3.05) is 38.6 Å². The van der Waals surface area contributed by atoms with Gasteiger partial charge in [0.15, 0.2) is 0 Å². The number of nitrogens with zero attached hydrogens (tertiary/aromatic N) is 2. The van der Waals surface area contributed by atoms with E-state index in [1.165, 1.54) is 6.92 Å². The molecule has 0 bridgehead atoms. The Labute approximate surface area is 134 Å². The molecule has 1 aromatic rings. The van der Waals surface area contributed by atoms with Gasteiger partial charge in [-0.15, -0.1) is 0 Å². The van der Waals surface area contributed by atoms with Gasteiger partial charge in [-0.3, -0.25) is 9.59 Å². The predicted octanol–water partition coefficient (Wildman–Crippen LogP) is 1.87. The van der Waals surface area contributed by atoms with Gasteiger partial charge in [0.25, 0.3) is 0 Å². The Bertz CT molecular complexity index is 492. The number of halogens is 1. The van der Waals surface area contributed by atoms with Gasteiger partial charge in [-0.2, -0.15) is 0 Å². The number of hydrogen-bond donors (Lipinski definition) is 1. The van der Waals surface area contributed by atoms with Gasteiger partial charge in [-0.1, -0.05) is 22.0 Å². The number of benzene rings is 1. The highest BCUT2D eigenvalue weighted by molar-refractivity contribution is 9.10. The fourth-order valence-corrected chi connectivity index (χ4v) is 2.22. The lowest BCUT2D eigenvalue weighted by atomic mass is 10.2. The minimum absolute atomic E-state index is 0.0434. The Morgan fingerprint density at radius 3 is 2.52 bits per heavy atom. The summed E-state index contributed by atoms with van der Waals surface area (Å²) >= 11 is 3.39. The predicted molar refractivity (Wildman–Crippen MR) is 88.3 cm³/mol.